The van der Waals surface area contributed by atoms with E-state index in [1.165, 1.54) is 13.8 Å². The number of carbonyl (C=O) groups excluding carboxylic acids is 1. The standard InChI is InChI=1S/C14H21NO5/c1-10(16)15(11(2)17)20-14(18)9-6-12-4-7-13(19-3)8-5-12/h4-5,7-8,10-11,16-17H,6,9H2,1-3H3. The highest BCUT2D eigenvalue weighted by atomic mass is 16.7. The average molecular weight is 283 g/mol. The summed E-state index contributed by atoms with van der Waals surface area (Å²) in [5, 5.41) is 19.5. The number of hydrogen-bond donors (Lipinski definition) is 2. The Labute approximate surface area is 118 Å². The van der Waals surface area contributed by atoms with Crippen LogP contribution in [0.25, 0.3) is 0 Å². The zero-order chi connectivity index (χ0) is 15.1. The molecule has 112 valence electrons. The highest BCUT2D eigenvalue weighted by molar-refractivity contribution is 5.69. The molecule has 2 N–H and O–H groups in total. The van der Waals surface area contributed by atoms with Crippen LogP contribution < -0.4 is 4.74 Å². The number of methoxy groups -OCH3 is 1. The van der Waals surface area contributed by atoms with Crippen LogP contribution >= 0.6 is 0 Å². The van der Waals surface area contributed by atoms with Gasteiger partial charge in [-0.2, -0.15) is 0 Å². The maximum absolute atomic E-state index is 11.6. The molecule has 1 rings (SSSR count). The Balaban J connectivity index is 2.45. The van der Waals surface area contributed by atoms with Crippen LogP contribution in [0.3, 0.4) is 0 Å². The molecular weight excluding hydrogens is 262 g/mol. The molecule has 0 radical (unpaired) electrons. The van der Waals surface area contributed by atoms with Crippen molar-refractivity contribution in [2.24, 2.45) is 0 Å². The van der Waals surface area contributed by atoms with Gasteiger partial charge in [-0.15, -0.1) is 0 Å². The van der Waals surface area contributed by atoms with Crippen LogP contribution in [0.1, 0.15) is 25.8 Å². The van der Waals surface area contributed by atoms with E-state index in [-0.39, 0.29) is 6.42 Å². The molecule has 0 spiro atoms. The smallest absolute Gasteiger partial charge is 0.325 e. The van der Waals surface area contributed by atoms with E-state index in [1.54, 1.807) is 7.11 Å². The maximum atomic E-state index is 11.6. The van der Waals surface area contributed by atoms with E-state index in [1.807, 2.05) is 24.3 Å². The number of hydroxylamine groups is 2. The maximum Gasteiger partial charge on any atom is 0.325 e. The van der Waals surface area contributed by atoms with Gasteiger partial charge in [-0.05, 0) is 38.0 Å². The zero-order valence-electron chi connectivity index (χ0n) is 11.9. The number of nitrogens with zero attached hydrogens (tertiary/aromatic N) is 1. The molecule has 1 aromatic carbocycles. The molecule has 0 fully saturated rings. The van der Waals surface area contributed by atoms with Crippen molar-refractivity contribution < 1.29 is 24.6 Å². The minimum absolute atomic E-state index is 0.155. The van der Waals surface area contributed by atoms with Gasteiger partial charge in [0, 0.05) is 0 Å². The fourth-order valence-corrected chi connectivity index (χ4v) is 1.67. The normalized spacial score (nSPS) is 13.9. The van der Waals surface area contributed by atoms with Gasteiger partial charge in [-0.1, -0.05) is 17.2 Å². The molecule has 0 saturated heterocycles. The number of ether oxygens (including phenoxy) is 1. The van der Waals surface area contributed by atoms with Crippen molar-refractivity contribution in [2.45, 2.75) is 39.1 Å². The molecule has 0 aliphatic rings. The summed E-state index contributed by atoms with van der Waals surface area (Å²) in [5.41, 5.74) is 0.975. The molecular formula is C14H21NO5. The lowest BCUT2D eigenvalue weighted by molar-refractivity contribution is -0.276. The molecule has 6 nitrogen and oxygen atoms in total. The van der Waals surface area contributed by atoms with Crippen LogP contribution in [0, 0.1) is 0 Å². The Kier molecular flexibility index (Phi) is 6.44. The Morgan fingerprint density at radius 3 is 2.20 bits per heavy atom. The van der Waals surface area contributed by atoms with Gasteiger partial charge in [-0.3, -0.25) is 4.79 Å². The first kappa shape index (κ1) is 16.4. The predicted octanol–water partition coefficient (Wildman–Crippen LogP) is 1.06. The number of benzene rings is 1. The van der Waals surface area contributed by atoms with E-state index in [0.29, 0.717) is 6.42 Å². The zero-order valence-corrected chi connectivity index (χ0v) is 11.9. The summed E-state index contributed by atoms with van der Waals surface area (Å²) in [6.45, 7) is 2.81. The molecule has 2 atom stereocenters. The average Bonchev–Trinajstić information content (AvgIpc) is 2.42. The van der Waals surface area contributed by atoms with Gasteiger partial charge in [0.15, 0.2) is 0 Å². The van der Waals surface area contributed by atoms with Crippen LogP contribution in [0.5, 0.6) is 5.75 Å². The SMILES string of the molecule is COc1ccc(CCC(=O)ON(C(C)O)C(C)O)cc1. The van der Waals surface area contributed by atoms with Gasteiger partial charge in [0.2, 0.25) is 0 Å². The number of carbonyl (C=O) groups is 1. The van der Waals surface area contributed by atoms with Crippen molar-refractivity contribution in [3.8, 4) is 5.75 Å². The lowest BCUT2D eigenvalue weighted by atomic mass is 10.1. The van der Waals surface area contributed by atoms with E-state index in [9.17, 15) is 15.0 Å². The minimum atomic E-state index is -1.07. The van der Waals surface area contributed by atoms with Crippen LogP contribution in [-0.4, -0.2) is 40.8 Å². The van der Waals surface area contributed by atoms with E-state index < -0.39 is 18.4 Å². The summed E-state index contributed by atoms with van der Waals surface area (Å²) < 4.78 is 5.05. The number of hydrogen-bond acceptors (Lipinski definition) is 6. The number of aliphatic hydroxyl groups is 2. The fraction of sp³-hybridized carbons (Fsp3) is 0.500. The Hall–Kier alpha value is -1.63. The minimum Gasteiger partial charge on any atom is -0.497 e. The molecule has 0 bridgehead atoms. The lowest BCUT2D eigenvalue weighted by Gasteiger charge is -2.25. The highest BCUT2D eigenvalue weighted by Gasteiger charge is 2.21. The van der Waals surface area contributed by atoms with Gasteiger partial charge in [0.05, 0.1) is 13.5 Å². The molecule has 0 heterocycles. The summed E-state index contributed by atoms with van der Waals surface area (Å²) in [4.78, 5) is 16.6. The van der Waals surface area contributed by atoms with Gasteiger partial charge in [0.1, 0.15) is 18.2 Å². The van der Waals surface area contributed by atoms with Gasteiger partial charge < -0.3 is 19.8 Å². The van der Waals surface area contributed by atoms with Gasteiger partial charge >= 0.3 is 5.97 Å². The number of rotatable bonds is 7. The molecule has 0 aromatic heterocycles. The molecule has 0 aliphatic carbocycles. The van der Waals surface area contributed by atoms with Gasteiger partial charge in [0.25, 0.3) is 0 Å². The number of aliphatic hydroxyl groups excluding tert-OH is 2. The van der Waals surface area contributed by atoms with E-state index in [0.717, 1.165) is 16.4 Å². The first-order valence-corrected chi connectivity index (χ1v) is 6.42. The van der Waals surface area contributed by atoms with Crippen molar-refractivity contribution in [3.05, 3.63) is 29.8 Å². The fourth-order valence-electron chi connectivity index (χ4n) is 1.67. The Morgan fingerprint density at radius 1 is 1.20 bits per heavy atom. The second-order valence-corrected chi connectivity index (χ2v) is 4.43. The summed E-state index contributed by atoms with van der Waals surface area (Å²) >= 11 is 0. The van der Waals surface area contributed by atoms with Crippen molar-refractivity contribution in [1.82, 2.24) is 5.06 Å². The molecule has 0 amide bonds. The van der Waals surface area contributed by atoms with Crippen molar-refractivity contribution in [1.29, 1.82) is 0 Å². The summed E-state index contributed by atoms with van der Waals surface area (Å²) in [7, 11) is 1.59. The van der Waals surface area contributed by atoms with E-state index in [2.05, 4.69) is 0 Å². The molecule has 2 unspecified atom stereocenters. The third-order valence-corrected chi connectivity index (χ3v) is 2.72. The summed E-state index contributed by atoms with van der Waals surface area (Å²) in [6, 6.07) is 7.37. The molecule has 1 aromatic rings. The first-order valence-electron chi connectivity index (χ1n) is 6.42. The molecule has 0 saturated carbocycles. The Bertz CT molecular complexity index is 408. The second-order valence-electron chi connectivity index (χ2n) is 4.43. The van der Waals surface area contributed by atoms with Crippen molar-refractivity contribution in [2.75, 3.05) is 7.11 Å². The molecule has 6 heteroatoms. The third kappa shape index (κ3) is 5.16. The largest absolute Gasteiger partial charge is 0.497 e. The Morgan fingerprint density at radius 2 is 1.75 bits per heavy atom. The van der Waals surface area contributed by atoms with Crippen LogP contribution in [0.4, 0.5) is 0 Å². The summed E-state index contributed by atoms with van der Waals surface area (Å²) in [5.74, 6) is 0.244. The quantitative estimate of drug-likeness (QED) is 0.575. The third-order valence-electron chi connectivity index (χ3n) is 2.72. The second kappa shape index (κ2) is 7.84. The van der Waals surface area contributed by atoms with E-state index in [4.69, 9.17) is 9.57 Å². The highest BCUT2D eigenvalue weighted by Crippen LogP contribution is 2.13. The van der Waals surface area contributed by atoms with Crippen molar-refractivity contribution >= 4 is 5.97 Å². The topological polar surface area (TPSA) is 79.2 Å². The monoisotopic (exact) mass is 283 g/mol. The van der Waals surface area contributed by atoms with Crippen LogP contribution in [-0.2, 0) is 16.1 Å². The predicted molar refractivity (Wildman–Crippen MR) is 72.6 cm³/mol. The van der Waals surface area contributed by atoms with Crippen LogP contribution in [0.15, 0.2) is 24.3 Å². The van der Waals surface area contributed by atoms with Gasteiger partial charge in [-0.25, -0.2) is 0 Å². The lowest BCUT2D eigenvalue weighted by Crippen LogP contribution is -2.41. The summed E-state index contributed by atoms with van der Waals surface area (Å²) in [6.07, 6.45) is -1.47. The van der Waals surface area contributed by atoms with Crippen molar-refractivity contribution in [3.63, 3.8) is 0 Å². The molecule has 0 aliphatic heterocycles. The number of aryl methyl sites for hydroxylation is 1. The molecule has 20 heavy (non-hydrogen) atoms. The van der Waals surface area contributed by atoms with E-state index >= 15 is 0 Å². The first-order chi connectivity index (χ1) is 9.43. The van der Waals surface area contributed by atoms with Crippen LogP contribution in [0.2, 0.25) is 0 Å².